The van der Waals surface area contributed by atoms with Crippen molar-refractivity contribution in [3.63, 3.8) is 0 Å². The van der Waals surface area contributed by atoms with Crippen molar-refractivity contribution in [3.8, 4) is 0 Å². The van der Waals surface area contributed by atoms with Crippen LogP contribution in [-0.2, 0) is 36.5 Å². The van der Waals surface area contributed by atoms with Gasteiger partial charge in [-0.3, -0.25) is 28.8 Å². The van der Waals surface area contributed by atoms with E-state index in [0.717, 1.165) is 0 Å². The summed E-state index contributed by atoms with van der Waals surface area (Å²) in [6.45, 7) is 6.59. The smallest absolute Gasteiger partial charge is 0.357 e. The summed E-state index contributed by atoms with van der Waals surface area (Å²) in [6.07, 6.45) is 0. The fourth-order valence-corrected chi connectivity index (χ4v) is 5.55. The highest BCUT2D eigenvalue weighted by molar-refractivity contribution is 7.85. The van der Waals surface area contributed by atoms with Crippen LogP contribution in [0.4, 0.5) is 5.69 Å². The first-order chi connectivity index (χ1) is 15.1. The number of rotatable bonds is 8. The van der Waals surface area contributed by atoms with E-state index < -0.39 is 44.8 Å². The van der Waals surface area contributed by atoms with Crippen molar-refractivity contribution in [1.29, 1.82) is 0 Å². The van der Waals surface area contributed by atoms with Gasteiger partial charge in [-0.05, 0) is 23.6 Å². The van der Waals surface area contributed by atoms with E-state index in [1.807, 2.05) is 13.8 Å². The molecule has 1 saturated heterocycles. The van der Waals surface area contributed by atoms with Gasteiger partial charge in [0.15, 0.2) is 5.70 Å². The summed E-state index contributed by atoms with van der Waals surface area (Å²) in [6, 6.07) is 5.02. The highest BCUT2D eigenvalue weighted by atomic mass is 32.2. The van der Waals surface area contributed by atoms with E-state index in [1.165, 1.54) is 36.1 Å². The van der Waals surface area contributed by atoms with Crippen molar-refractivity contribution in [3.05, 3.63) is 51.3 Å². The summed E-state index contributed by atoms with van der Waals surface area (Å²) < 4.78 is 18.3. The molecule has 0 spiro atoms. The summed E-state index contributed by atoms with van der Waals surface area (Å²) >= 11 is 0. The molecule has 2 amide bonds. The lowest BCUT2D eigenvalue weighted by Gasteiger charge is -2.47. The Bertz CT molecular complexity index is 1020. The van der Waals surface area contributed by atoms with Crippen LogP contribution in [0.25, 0.3) is 0 Å². The fourth-order valence-electron chi connectivity index (χ4n) is 4.16. The maximum absolute atomic E-state index is 13.0. The average molecular weight is 464 g/mol. The van der Waals surface area contributed by atoms with Gasteiger partial charge in [-0.15, -0.1) is 0 Å². The van der Waals surface area contributed by atoms with Gasteiger partial charge >= 0.3 is 5.97 Å². The number of fused-ring (bicyclic) bond motifs is 1. The van der Waals surface area contributed by atoms with Crippen LogP contribution in [0.1, 0.15) is 33.3 Å². The minimum Gasteiger partial charge on any atom is -0.456 e. The molecule has 32 heavy (non-hydrogen) atoms. The van der Waals surface area contributed by atoms with Crippen LogP contribution >= 0.6 is 0 Å². The first-order valence-electron chi connectivity index (χ1n) is 10.2. The van der Waals surface area contributed by atoms with Gasteiger partial charge in [-0.2, -0.15) is 0 Å². The summed E-state index contributed by atoms with van der Waals surface area (Å²) in [5.41, 5.74) is 0.475. The number of nitro groups is 1. The van der Waals surface area contributed by atoms with E-state index in [9.17, 15) is 28.7 Å². The van der Waals surface area contributed by atoms with Gasteiger partial charge in [0, 0.05) is 35.6 Å². The van der Waals surface area contributed by atoms with Crippen LogP contribution in [0.2, 0.25) is 0 Å². The van der Waals surface area contributed by atoms with Gasteiger partial charge in [0.25, 0.3) is 5.69 Å². The highest BCUT2D eigenvalue weighted by Crippen LogP contribution is 2.46. The third-order valence-electron chi connectivity index (χ3n) is 5.59. The average Bonchev–Trinajstić information content (AvgIpc) is 3.01. The van der Waals surface area contributed by atoms with Gasteiger partial charge in [0.05, 0.1) is 27.8 Å². The number of nitrogens with one attached hydrogen (secondary N) is 1. The molecule has 2 heterocycles. The van der Waals surface area contributed by atoms with E-state index in [2.05, 4.69) is 5.32 Å². The van der Waals surface area contributed by atoms with Crippen molar-refractivity contribution in [2.24, 2.45) is 11.8 Å². The predicted octanol–water partition coefficient (Wildman–Crippen LogP) is 1.62. The van der Waals surface area contributed by atoms with Crippen molar-refractivity contribution in [2.75, 3.05) is 5.75 Å². The Hall–Kier alpha value is -3.08. The molecule has 1 aromatic rings. The number of non-ortho nitro benzene ring substituents is 1. The highest BCUT2D eigenvalue weighted by Gasteiger charge is 2.62. The molecule has 10 nitrogen and oxygen atoms in total. The summed E-state index contributed by atoms with van der Waals surface area (Å²) in [4.78, 5) is 49.3. The molecule has 1 aromatic carbocycles. The van der Waals surface area contributed by atoms with Gasteiger partial charge in [-0.25, -0.2) is 4.79 Å². The number of carbonyl (C=O) groups excluding carboxylic acids is 3. The Morgan fingerprint density at radius 2 is 1.91 bits per heavy atom. The third-order valence-corrected chi connectivity index (χ3v) is 7.24. The zero-order chi connectivity index (χ0) is 23.7. The number of nitro benzene ring substituents is 1. The quantitative estimate of drug-likeness (QED) is 0.268. The number of benzene rings is 1. The zero-order valence-corrected chi connectivity index (χ0v) is 19.0. The Morgan fingerprint density at radius 1 is 1.28 bits per heavy atom. The predicted molar refractivity (Wildman–Crippen MR) is 115 cm³/mol. The van der Waals surface area contributed by atoms with Crippen molar-refractivity contribution in [1.82, 2.24) is 10.2 Å². The second kappa shape index (κ2) is 9.19. The number of esters is 1. The second-order valence-corrected chi connectivity index (χ2v) is 9.85. The van der Waals surface area contributed by atoms with E-state index in [4.69, 9.17) is 4.74 Å². The third kappa shape index (κ3) is 4.16. The first-order valence-corrected chi connectivity index (χ1v) is 11.6. The Balaban J connectivity index is 1.91. The molecule has 2 aliphatic rings. The van der Waals surface area contributed by atoms with Crippen LogP contribution in [0.15, 0.2) is 35.7 Å². The molecule has 172 valence electrons. The molecular weight excluding hydrogens is 438 g/mol. The second-order valence-electron chi connectivity index (χ2n) is 8.00. The molecule has 4 atom stereocenters. The topological polar surface area (TPSA) is 136 Å². The molecule has 0 aromatic heterocycles. The Kier molecular flexibility index (Phi) is 6.77. The monoisotopic (exact) mass is 463 g/mol. The van der Waals surface area contributed by atoms with E-state index >= 15 is 0 Å². The van der Waals surface area contributed by atoms with Crippen LogP contribution in [0, 0.1) is 22.0 Å². The SMILES string of the molecule is CCS(=O)C1C(NC(C)=O)=C(C(=O)OCc2ccc([N+](=O)[O-])cc2)N2C(=O)C(C(C)C)C12. The zero-order valence-electron chi connectivity index (χ0n) is 18.2. The number of nitrogens with zero attached hydrogens (tertiary/aromatic N) is 2. The van der Waals surface area contributed by atoms with Crippen molar-refractivity contribution < 1.29 is 28.3 Å². The van der Waals surface area contributed by atoms with Crippen molar-refractivity contribution in [2.45, 2.75) is 45.6 Å². The molecule has 3 rings (SSSR count). The number of β-lactam (4-membered cyclic amide) rings is 1. The van der Waals surface area contributed by atoms with Crippen LogP contribution in [0.5, 0.6) is 0 Å². The summed E-state index contributed by atoms with van der Waals surface area (Å²) in [5.74, 6) is -1.71. The van der Waals surface area contributed by atoms with Crippen LogP contribution in [0.3, 0.4) is 0 Å². The number of amides is 2. The number of hydrogen-bond donors (Lipinski definition) is 1. The number of ether oxygens (including phenoxy) is 1. The van der Waals surface area contributed by atoms with Gasteiger partial charge in [-0.1, -0.05) is 20.8 Å². The normalized spacial score (nSPS) is 23.0. The molecule has 0 aliphatic carbocycles. The fraction of sp³-hybridized carbons (Fsp3) is 0.476. The van der Waals surface area contributed by atoms with Gasteiger partial charge < -0.3 is 10.1 Å². The lowest BCUT2D eigenvalue weighted by molar-refractivity contribution is -0.384. The van der Waals surface area contributed by atoms with E-state index in [0.29, 0.717) is 11.3 Å². The Labute approximate surface area is 187 Å². The molecular formula is C21H25N3O7S. The molecule has 4 unspecified atom stereocenters. The lowest BCUT2D eigenvalue weighted by atomic mass is 9.78. The molecule has 0 radical (unpaired) electrons. The van der Waals surface area contributed by atoms with Crippen molar-refractivity contribution >= 4 is 34.3 Å². The minimum atomic E-state index is -1.42. The van der Waals surface area contributed by atoms with E-state index in [-0.39, 0.29) is 35.5 Å². The molecule has 11 heteroatoms. The molecule has 1 fully saturated rings. The van der Waals surface area contributed by atoms with Crippen LogP contribution < -0.4 is 5.32 Å². The molecule has 2 aliphatic heterocycles. The van der Waals surface area contributed by atoms with Crippen LogP contribution in [-0.4, -0.2) is 48.9 Å². The molecule has 0 bridgehead atoms. The molecule has 0 saturated carbocycles. The molecule has 1 N–H and O–H groups in total. The largest absolute Gasteiger partial charge is 0.456 e. The number of carbonyl (C=O) groups is 3. The number of hydrogen-bond acceptors (Lipinski definition) is 7. The van der Waals surface area contributed by atoms with E-state index in [1.54, 1.807) is 6.92 Å². The maximum Gasteiger partial charge on any atom is 0.357 e. The Morgan fingerprint density at radius 3 is 2.41 bits per heavy atom. The van der Waals surface area contributed by atoms with Gasteiger partial charge in [0.2, 0.25) is 11.8 Å². The maximum atomic E-state index is 13.0. The minimum absolute atomic E-state index is 0.0332. The van der Waals surface area contributed by atoms with Gasteiger partial charge in [0.1, 0.15) is 6.61 Å². The summed E-state index contributed by atoms with van der Waals surface area (Å²) in [7, 11) is -1.42. The first kappa shape index (κ1) is 23.6. The lowest BCUT2D eigenvalue weighted by Crippen LogP contribution is -2.64. The standard InChI is InChI=1S/C21H25N3O7S/c1-5-32(30)19-16(22-12(4)25)18(23-17(19)15(11(2)3)20(23)26)21(27)31-10-13-6-8-14(9-7-13)24(28)29/h6-9,11,15,17,19H,5,10H2,1-4H3,(H,22,25). The summed E-state index contributed by atoms with van der Waals surface area (Å²) in [5, 5.41) is 12.7.